The van der Waals surface area contributed by atoms with Crippen LogP contribution in [0.25, 0.3) is 86.2 Å². The maximum absolute atomic E-state index is 2.46. The second-order valence-corrected chi connectivity index (χ2v) is 15.9. The topological polar surface area (TPSA) is 3.24 Å². The van der Waals surface area contributed by atoms with E-state index in [1.807, 2.05) is 11.3 Å². The average Bonchev–Trinajstić information content (AvgIpc) is 3.69. The van der Waals surface area contributed by atoms with Gasteiger partial charge in [-0.05, 0) is 109 Å². The first-order chi connectivity index (χ1) is 28.8. The van der Waals surface area contributed by atoms with Gasteiger partial charge in [-0.25, -0.2) is 0 Å². The molecule has 58 heavy (non-hydrogen) atoms. The molecule has 2 heteroatoms. The average molecular weight is 756 g/mol. The molecule has 1 heterocycles. The molecule has 0 aliphatic carbocycles. The lowest BCUT2D eigenvalue weighted by Crippen LogP contribution is -2.12. The summed E-state index contributed by atoms with van der Waals surface area (Å²) < 4.78 is 2.58. The lowest BCUT2D eigenvalue weighted by molar-refractivity contribution is 1.28. The molecule has 272 valence electrons. The number of thiophene rings is 1. The van der Waals surface area contributed by atoms with Crippen molar-refractivity contribution in [2.45, 2.75) is 0 Å². The minimum atomic E-state index is 1.09. The Morgan fingerprint density at radius 3 is 1.48 bits per heavy atom. The maximum Gasteiger partial charge on any atom is 0.0546 e. The number of hydrogen-bond acceptors (Lipinski definition) is 2. The molecule has 0 aliphatic heterocycles. The van der Waals surface area contributed by atoms with Crippen LogP contribution in [-0.4, -0.2) is 0 Å². The highest BCUT2D eigenvalue weighted by atomic mass is 32.1. The Morgan fingerprint density at radius 1 is 0.310 bits per heavy atom. The van der Waals surface area contributed by atoms with Crippen molar-refractivity contribution in [1.29, 1.82) is 0 Å². The second-order valence-electron chi connectivity index (χ2n) is 14.8. The standard InChI is InChI=1S/C56H37NS/c1-3-15-38(16-4-1)40-29-33-43(34-30-40)57(44-35-31-41(32-36-44)39-17-5-2-6-18-39)52-26-13-24-48(51-37-42-19-7-8-20-45(42)46-21-9-10-22-47(46)51)55(52)50-25-14-28-54-56(50)49-23-11-12-27-53(49)58-54/h1-37H. The summed E-state index contributed by atoms with van der Waals surface area (Å²) in [4.78, 5) is 2.46. The minimum Gasteiger partial charge on any atom is -0.310 e. The summed E-state index contributed by atoms with van der Waals surface area (Å²) in [6.45, 7) is 0. The minimum absolute atomic E-state index is 1.09. The summed E-state index contributed by atoms with van der Waals surface area (Å²) in [5, 5.41) is 7.58. The zero-order valence-corrected chi connectivity index (χ0v) is 32.5. The molecule has 0 unspecified atom stereocenters. The van der Waals surface area contributed by atoms with Gasteiger partial charge < -0.3 is 4.90 Å². The summed E-state index contributed by atoms with van der Waals surface area (Å²) in [6, 6.07) is 82.1. The summed E-state index contributed by atoms with van der Waals surface area (Å²) in [5.74, 6) is 0. The number of fused-ring (bicyclic) bond motifs is 6. The number of rotatable bonds is 7. The van der Waals surface area contributed by atoms with Crippen molar-refractivity contribution in [3.8, 4) is 44.5 Å². The van der Waals surface area contributed by atoms with E-state index in [9.17, 15) is 0 Å². The van der Waals surface area contributed by atoms with Gasteiger partial charge in [0.05, 0.1) is 5.69 Å². The van der Waals surface area contributed by atoms with Crippen molar-refractivity contribution in [1.82, 2.24) is 0 Å². The molecular weight excluding hydrogens is 719 g/mol. The van der Waals surface area contributed by atoms with Gasteiger partial charge in [0, 0.05) is 37.1 Å². The van der Waals surface area contributed by atoms with Crippen molar-refractivity contribution >= 4 is 70.1 Å². The van der Waals surface area contributed by atoms with Gasteiger partial charge in [-0.3, -0.25) is 0 Å². The Balaban J connectivity index is 1.22. The summed E-state index contributed by atoms with van der Waals surface area (Å²) in [5.41, 5.74) is 13.0. The van der Waals surface area contributed by atoms with Crippen LogP contribution in [0.15, 0.2) is 224 Å². The fourth-order valence-corrected chi connectivity index (χ4v) is 9.92. The fraction of sp³-hybridized carbons (Fsp3) is 0. The van der Waals surface area contributed by atoms with E-state index in [2.05, 4.69) is 229 Å². The van der Waals surface area contributed by atoms with Gasteiger partial charge in [0.25, 0.3) is 0 Å². The van der Waals surface area contributed by atoms with E-state index < -0.39 is 0 Å². The number of benzene rings is 10. The van der Waals surface area contributed by atoms with E-state index in [-0.39, 0.29) is 0 Å². The smallest absolute Gasteiger partial charge is 0.0546 e. The molecule has 0 N–H and O–H groups in total. The lowest BCUT2D eigenvalue weighted by atomic mass is 9.86. The van der Waals surface area contributed by atoms with E-state index >= 15 is 0 Å². The Bertz CT molecular complexity index is 3170. The molecular formula is C56H37NS. The highest BCUT2D eigenvalue weighted by molar-refractivity contribution is 7.25. The third kappa shape index (κ3) is 5.86. The van der Waals surface area contributed by atoms with Crippen LogP contribution in [0, 0.1) is 0 Å². The van der Waals surface area contributed by atoms with Gasteiger partial charge >= 0.3 is 0 Å². The number of nitrogens with zero attached hydrogens (tertiary/aromatic N) is 1. The van der Waals surface area contributed by atoms with E-state index in [0.29, 0.717) is 0 Å². The molecule has 0 fully saturated rings. The fourth-order valence-electron chi connectivity index (χ4n) is 8.79. The molecule has 11 aromatic rings. The third-order valence-electron chi connectivity index (χ3n) is 11.5. The molecule has 10 aromatic carbocycles. The zero-order valence-electron chi connectivity index (χ0n) is 31.7. The van der Waals surface area contributed by atoms with E-state index in [1.165, 1.54) is 86.2 Å². The van der Waals surface area contributed by atoms with Gasteiger partial charge in [-0.2, -0.15) is 0 Å². The predicted octanol–water partition coefficient (Wildman–Crippen LogP) is 16.5. The van der Waals surface area contributed by atoms with Crippen LogP contribution in [0.3, 0.4) is 0 Å². The van der Waals surface area contributed by atoms with Gasteiger partial charge in [-0.1, -0.05) is 176 Å². The Morgan fingerprint density at radius 2 is 0.810 bits per heavy atom. The summed E-state index contributed by atoms with van der Waals surface area (Å²) >= 11 is 1.87. The van der Waals surface area contributed by atoms with E-state index in [1.54, 1.807) is 0 Å². The lowest BCUT2D eigenvalue weighted by Gasteiger charge is -2.30. The molecule has 0 aliphatic rings. The monoisotopic (exact) mass is 755 g/mol. The van der Waals surface area contributed by atoms with E-state index in [4.69, 9.17) is 0 Å². The van der Waals surface area contributed by atoms with Crippen LogP contribution >= 0.6 is 11.3 Å². The molecule has 0 bridgehead atoms. The third-order valence-corrected chi connectivity index (χ3v) is 12.6. The van der Waals surface area contributed by atoms with Crippen LogP contribution in [0.1, 0.15) is 0 Å². The Hall–Kier alpha value is -7.26. The molecule has 1 aromatic heterocycles. The second kappa shape index (κ2) is 14.4. The number of anilines is 3. The van der Waals surface area contributed by atoms with Crippen LogP contribution in [0.4, 0.5) is 17.1 Å². The molecule has 0 saturated carbocycles. The van der Waals surface area contributed by atoms with Crippen LogP contribution in [0.5, 0.6) is 0 Å². The normalized spacial score (nSPS) is 11.4. The highest BCUT2D eigenvalue weighted by Gasteiger charge is 2.24. The summed E-state index contributed by atoms with van der Waals surface area (Å²) in [6.07, 6.45) is 0. The van der Waals surface area contributed by atoms with Gasteiger partial charge in [-0.15, -0.1) is 11.3 Å². The Labute approximate surface area is 342 Å². The highest BCUT2D eigenvalue weighted by Crippen LogP contribution is 2.51. The van der Waals surface area contributed by atoms with Crippen molar-refractivity contribution in [3.63, 3.8) is 0 Å². The molecule has 0 amide bonds. The van der Waals surface area contributed by atoms with Crippen LogP contribution in [-0.2, 0) is 0 Å². The first-order valence-corrected chi connectivity index (χ1v) is 20.7. The van der Waals surface area contributed by atoms with Gasteiger partial charge in [0.15, 0.2) is 0 Å². The predicted molar refractivity (Wildman–Crippen MR) is 251 cm³/mol. The zero-order chi connectivity index (χ0) is 38.4. The SMILES string of the molecule is c1ccc(-c2ccc(N(c3ccc(-c4ccccc4)cc3)c3cccc(-c4cc5ccccc5c5ccccc45)c3-c3cccc4sc5ccccc5c34)cc2)cc1. The molecule has 0 saturated heterocycles. The quantitative estimate of drug-likeness (QED) is 0.146. The molecule has 0 radical (unpaired) electrons. The van der Waals surface area contributed by atoms with Crippen molar-refractivity contribution in [2.75, 3.05) is 4.90 Å². The first-order valence-electron chi connectivity index (χ1n) is 19.8. The van der Waals surface area contributed by atoms with Crippen LogP contribution in [0.2, 0.25) is 0 Å². The van der Waals surface area contributed by atoms with Gasteiger partial charge in [0.2, 0.25) is 0 Å². The first kappa shape index (κ1) is 34.0. The van der Waals surface area contributed by atoms with Crippen molar-refractivity contribution in [2.24, 2.45) is 0 Å². The summed E-state index contributed by atoms with van der Waals surface area (Å²) in [7, 11) is 0. The van der Waals surface area contributed by atoms with E-state index in [0.717, 1.165) is 17.1 Å². The largest absolute Gasteiger partial charge is 0.310 e. The molecule has 0 spiro atoms. The molecule has 0 atom stereocenters. The molecule has 11 rings (SSSR count). The van der Waals surface area contributed by atoms with Crippen molar-refractivity contribution < 1.29 is 0 Å². The molecule has 1 nitrogen and oxygen atoms in total. The number of hydrogen-bond donors (Lipinski definition) is 0. The van der Waals surface area contributed by atoms with Crippen molar-refractivity contribution in [3.05, 3.63) is 224 Å². The maximum atomic E-state index is 2.46. The van der Waals surface area contributed by atoms with Gasteiger partial charge in [0.1, 0.15) is 0 Å². The van der Waals surface area contributed by atoms with Crippen LogP contribution < -0.4 is 4.90 Å². The Kier molecular flexibility index (Phi) is 8.42.